The van der Waals surface area contributed by atoms with Crippen molar-refractivity contribution in [2.45, 2.75) is 19.3 Å². The van der Waals surface area contributed by atoms with Gasteiger partial charge in [0.2, 0.25) is 0 Å². The molecule has 0 aliphatic heterocycles. The monoisotopic (exact) mass is 183 g/mol. The Morgan fingerprint density at radius 1 is 1.33 bits per heavy atom. The van der Waals surface area contributed by atoms with Crippen LogP contribution in [0.4, 0.5) is 0 Å². The van der Waals surface area contributed by atoms with Crippen molar-refractivity contribution in [2.24, 2.45) is 5.73 Å². The number of halogens is 1. The Morgan fingerprint density at radius 2 is 1.92 bits per heavy atom. The Bertz CT molecular complexity index is 230. The molecular weight excluding hydrogens is 170 g/mol. The molecule has 0 spiro atoms. The van der Waals surface area contributed by atoms with Crippen molar-refractivity contribution in [2.75, 3.05) is 6.54 Å². The third-order valence-corrected chi connectivity index (χ3v) is 2.29. The molecule has 0 bridgehead atoms. The molecule has 0 saturated carbocycles. The lowest BCUT2D eigenvalue weighted by atomic mass is 9.98. The molecule has 0 radical (unpaired) electrons. The minimum Gasteiger partial charge on any atom is -0.330 e. The van der Waals surface area contributed by atoms with Gasteiger partial charge in [0, 0.05) is 5.02 Å². The average Bonchev–Trinajstić information content (AvgIpc) is 2.06. The van der Waals surface area contributed by atoms with Gasteiger partial charge in [-0.2, -0.15) is 0 Å². The van der Waals surface area contributed by atoms with Crippen molar-refractivity contribution in [3.05, 3.63) is 34.9 Å². The van der Waals surface area contributed by atoms with E-state index >= 15 is 0 Å². The highest BCUT2D eigenvalue weighted by atomic mass is 35.5. The van der Waals surface area contributed by atoms with E-state index in [0.717, 1.165) is 18.0 Å². The maximum absolute atomic E-state index is 5.77. The molecule has 66 valence electrons. The Hall–Kier alpha value is -0.530. The molecule has 1 atom stereocenters. The minimum atomic E-state index is 0.535. The SMILES string of the molecule is CC(CCN)c1ccc(Cl)cc1. The van der Waals surface area contributed by atoms with Crippen LogP contribution in [0.25, 0.3) is 0 Å². The summed E-state index contributed by atoms with van der Waals surface area (Å²) < 4.78 is 0. The fourth-order valence-corrected chi connectivity index (χ4v) is 1.33. The topological polar surface area (TPSA) is 26.0 Å². The number of rotatable bonds is 3. The Morgan fingerprint density at radius 3 is 2.42 bits per heavy atom. The average molecular weight is 184 g/mol. The summed E-state index contributed by atoms with van der Waals surface area (Å²) in [6.07, 6.45) is 1.03. The summed E-state index contributed by atoms with van der Waals surface area (Å²) >= 11 is 5.77. The van der Waals surface area contributed by atoms with Gasteiger partial charge in [-0.3, -0.25) is 0 Å². The molecule has 0 aromatic heterocycles. The van der Waals surface area contributed by atoms with E-state index in [1.54, 1.807) is 0 Å². The van der Waals surface area contributed by atoms with E-state index in [9.17, 15) is 0 Å². The maximum Gasteiger partial charge on any atom is 0.0406 e. The fourth-order valence-electron chi connectivity index (χ4n) is 1.21. The van der Waals surface area contributed by atoms with Crippen LogP contribution in [0.2, 0.25) is 5.02 Å². The first-order chi connectivity index (χ1) is 5.74. The number of hydrogen-bond donors (Lipinski definition) is 1. The first kappa shape index (κ1) is 9.56. The van der Waals surface area contributed by atoms with Crippen molar-refractivity contribution in [3.63, 3.8) is 0 Å². The van der Waals surface area contributed by atoms with Gasteiger partial charge in [0.1, 0.15) is 0 Å². The van der Waals surface area contributed by atoms with Gasteiger partial charge in [-0.1, -0.05) is 30.7 Å². The van der Waals surface area contributed by atoms with Gasteiger partial charge in [0.25, 0.3) is 0 Å². The van der Waals surface area contributed by atoms with Crippen LogP contribution in [-0.4, -0.2) is 6.54 Å². The Labute approximate surface area is 78.5 Å². The van der Waals surface area contributed by atoms with Crippen LogP contribution in [0.3, 0.4) is 0 Å². The summed E-state index contributed by atoms with van der Waals surface area (Å²) in [4.78, 5) is 0. The van der Waals surface area contributed by atoms with Crippen LogP contribution in [0.15, 0.2) is 24.3 Å². The highest BCUT2D eigenvalue weighted by Gasteiger charge is 2.02. The predicted molar refractivity (Wildman–Crippen MR) is 53.5 cm³/mol. The summed E-state index contributed by atoms with van der Waals surface area (Å²) in [5.41, 5.74) is 6.78. The van der Waals surface area contributed by atoms with Gasteiger partial charge < -0.3 is 5.73 Å². The molecule has 1 rings (SSSR count). The lowest BCUT2D eigenvalue weighted by molar-refractivity contribution is 0.690. The molecule has 0 heterocycles. The highest BCUT2D eigenvalue weighted by Crippen LogP contribution is 2.19. The van der Waals surface area contributed by atoms with Gasteiger partial charge in [0.15, 0.2) is 0 Å². The van der Waals surface area contributed by atoms with Crippen molar-refractivity contribution in [1.29, 1.82) is 0 Å². The van der Waals surface area contributed by atoms with Crippen LogP contribution in [0.1, 0.15) is 24.8 Å². The van der Waals surface area contributed by atoms with Crippen LogP contribution in [0.5, 0.6) is 0 Å². The van der Waals surface area contributed by atoms with Crippen molar-refractivity contribution < 1.29 is 0 Å². The van der Waals surface area contributed by atoms with E-state index < -0.39 is 0 Å². The number of benzene rings is 1. The first-order valence-corrected chi connectivity index (χ1v) is 4.57. The molecule has 0 amide bonds. The van der Waals surface area contributed by atoms with Crippen molar-refractivity contribution in [1.82, 2.24) is 0 Å². The van der Waals surface area contributed by atoms with Crippen LogP contribution >= 0.6 is 11.6 Å². The molecule has 2 heteroatoms. The van der Waals surface area contributed by atoms with Gasteiger partial charge in [-0.15, -0.1) is 0 Å². The van der Waals surface area contributed by atoms with Gasteiger partial charge in [0.05, 0.1) is 0 Å². The zero-order valence-corrected chi connectivity index (χ0v) is 8.01. The third kappa shape index (κ3) is 2.50. The lowest BCUT2D eigenvalue weighted by Gasteiger charge is -2.09. The molecule has 1 aromatic carbocycles. The molecule has 0 saturated heterocycles. The van der Waals surface area contributed by atoms with E-state index in [1.807, 2.05) is 12.1 Å². The van der Waals surface area contributed by atoms with Crippen LogP contribution < -0.4 is 5.73 Å². The fraction of sp³-hybridized carbons (Fsp3) is 0.400. The van der Waals surface area contributed by atoms with E-state index in [1.165, 1.54) is 5.56 Å². The standard InChI is InChI=1S/C10H14ClN/c1-8(6-7-12)9-2-4-10(11)5-3-9/h2-5,8H,6-7,12H2,1H3. The highest BCUT2D eigenvalue weighted by molar-refractivity contribution is 6.30. The van der Waals surface area contributed by atoms with Gasteiger partial charge in [-0.05, 0) is 36.6 Å². The summed E-state index contributed by atoms with van der Waals surface area (Å²) in [6.45, 7) is 2.92. The normalized spacial score (nSPS) is 12.9. The van der Waals surface area contributed by atoms with Gasteiger partial charge >= 0.3 is 0 Å². The smallest absolute Gasteiger partial charge is 0.0406 e. The maximum atomic E-state index is 5.77. The molecule has 0 aliphatic carbocycles. The Balaban J connectivity index is 2.68. The van der Waals surface area contributed by atoms with Gasteiger partial charge in [-0.25, -0.2) is 0 Å². The summed E-state index contributed by atoms with van der Waals surface area (Å²) in [6, 6.07) is 7.96. The van der Waals surface area contributed by atoms with Crippen LogP contribution in [0, 0.1) is 0 Å². The molecular formula is C10H14ClN. The molecule has 12 heavy (non-hydrogen) atoms. The van der Waals surface area contributed by atoms with E-state index in [2.05, 4.69) is 19.1 Å². The molecule has 1 unspecified atom stereocenters. The second-order valence-corrected chi connectivity index (χ2v) is 3.47. The summed E-state index contributed by atoms with van der Waals surface area (Å²) in [5.74, 6) is 0.535. The number of nitrogens with two attached hydrogens (primary N) is 1. The summed E-state index contributed by atoms with van der Waals surface area (Å²) in [7, 11) is 0. The van der Waals surface area contributed by atoms with E-state index in [4.69, 9.17) is 17.3 Å². The van der Waals surface area contributed by atoms with Crippen LogP contribution in [-0.2, 0) is 0 Å². The molecule has 1 aromatic rings. The number of hydrogen-bond acceptors (Lipinski definition) is 1. The zero-order chi connectivity index (χ0) is 8.97. The van der Waals surface area contributed by atoms with Crippen molar-refractivity contribution >= 4 is 11.6 Å². The largest absolute Gasteiger partial charge is 0.330 e. The molecule has 2 N–H and O–H groups in total. The van der Waals surface area contributed by atoms with E-state index in [0.29, 0.717) is 5.92 Å². The quantitative estimate of drug-likeness (QED) is 0.767. The predicted octanol–water partition coefficient (Wildman–Crippen LogP) is 2.79. The second kappa shape index (κ2) is 4.48. The zero-order valence-electron chi connectivity index (χ0n) is 7.26. The Kier molecular flexibility index (Phi) is 3.57. The van der Waals surface area contributed by atoms with E-state index in [-0.39, 0.29) is 0 Å². The van der Waals surface area contributed by atoms with Crippen molar-refractivity contribution in [3.8, 4) is 0 Å². The lowest BCUT2D eigenvalue weighted by Crippen LogP contribution is -2.04. The molecule has 0 aliphatic rings. The summed E-state index contributed by atoms with van der Waals surface area (Å²) in [5, 5.41) is 0.790. The molecule has 0 fully saturated rings. The second-order valence-electron chi connectivity index (χ2n) is 3.03. The third-order valence-electron chi connectivity index (χ3n) is 2.04. The first-order valence-electron chi connectivity index (χ1n) is 4.19. The molecule has 1 nitrogen and oxygen atoms in total. The minimum absolute atomic E-state index is 0.535.